The van der Waals surface area contributed by atoms with Crippen LogP contribution >= 0.6 is 0 Å². The first-order chi connectivity index (χ1) is 15.0. The maximum atomic E-state index is 13.5. The summed E-state index contributed by atoms with van der Waals surface area (Å²) in [7, 11) is 1.65. The molecule has 10 heteroatoms. The third kappa shape index (κ3) is 4.13. The molecule has 1 aromatic carbocycles. The molecule has 158 valence electrons. The second-order valence-electron chi connectivity index (χ2n) is 7.07. The van der Waals surface area contributed by atoms with Gasteiger partial charge in [0, 0.05) is 42.9 Å². The molecule has 0 saturated heterocycles. The molecule has 0 aliphatic rings. The van der Waals surface area contributed by atoms with E-state index in [1.54, 1.807) is 24.1 Å². The first kappa shape index (κ1) is 20.2. The summed E-state index contributed by atoms with van der Waals surface area (Å²) < 4.78 is 15.3. The Labute approximate surface area is 177 Å². The minimum Gasteiger partial charge on any atom is -0.387 e. The number of fused-ring (bicyclic) bond motifs is 1. The van der Waals surface area contributed by atoms with E-state index >= 15 is 0 Å². The van der Waals surface area contributed by atoms with E-state index in [1.807, 2.05) is 19.2 Å². The summed E-state index contributed by atoms with van der Waals surface area (Å²) in [5, 5.41) is 18.5. The van der Waals surface area contributed by atoms with Crippen molar-refractivity contribution in [2.75, 3.05) is 12.4 Å². The third-order valence-electron chi connectivity index (χ3n) is 4.80. The van der Waals surface area contributed by atoms with E-state index in [0.717, 1.165) is 0 Å². The first-order valence-electron chi connectivity index (χ1n) is 9.65. The number of H-pyrrole nitrogens is 1. The number of aromatic nitrogens is 5. The topological polar surface area (TPSA) is 124 Å². The molecule has 0 radical (unpaired) electrons. The van der Waals surface area contributed by atoms with Crippen molar-refractivity contribution in [2.45, 2.75) is 19.5 Å². The predicted molar refractivity (Wildman–Crippen MR) is 115 cm³/mol. The number of nitrogens with one attached hydrogen (secondary N) is 4. The standard InChI is InChI=1S/C21H21FN8O/c1-12(11-30-7-3-6-27-30)28-21(31)15-9-25-20-19(15)29-17(10-26-20)18(23)14-5-4-13(22)8-16(14)24-2/h3-10,12,23-24H,11H2,1-2H3,(H,25,26)(H,28,31)/t12-/m1/s1. The maximum Gasteiger partial charge on any atom is 0.255 e. The molecule has 4 aromatic rings. The van der Waals surface area contributed by atoms with Crippen LogP contribution < -0.4 is 10.6 Å². The van der Waals surface area contributed by atoms with Crippen LogP contribution in [0, 0.1) is 11.2 Å². The minimum absolute atomic E-state index is 0.0679. The molecule has 0 fully saturated rings. The molecule has 0 aliphatic carbocycles. The van der Waals surface area contributed by atoms with Gasteiger partial charge in [0.2, 0.25) is 0 Å². The Morgan fingerprint density at radius 3 is 2.94 bits per heavy atom. The monoisotopic (exact) mass is 420 g/mol. The highest BCUT2D eigenvalue weighted by molar-refractivity contribution is 6.14. The number of hydrogen-bond donors (Lipinski definition) is 4. The van der Waals surface area contributed by atoms with Crippen molar-refractivity contribution in [3.05, 3.63) is 71.7 Å². The number of carbonyl (C=O) groups is 1. The van der Waals surface area contributed by atoms with Crippen LogP contribution in [0.2, 0.25) is 0 Å². The van der Waals surface area contributed by atoms with E-state index < -0.39 is 5.82 Å². The van der Waals surface area contributed by atoms with E-state index in [4.69, 9.17) is 5.41 Å². The van der Waals surface area contributed by atoms with Crippen LogP contribution in [-0.2, 0) is 6.54 Å². The lowest BCUT2D eigenvalue weighted by Crippen LogP contribution is -2.35. The maximum absolute atomic E-state index is 13.5. The zero-order valence-electron chi connectivity index (χ0n) is 17.0. The molecule has 0 aliphatic heterocycles. The summed E-state index contributed by atoms with van der Waals surface area (Å²) in [6.45, 7) is 2.41. The highest BCUT2D eigenvalue weighted by Crippen LogP contribution is 2.21. The van der Waals surface area contributed by atoms with Crippen LogP contribution in [0.5, 0.6) is 0 Å². The molecule has 0 bridgehead atoms. The molecule has 3 heterocycles. The SMILES string of the molecule is CNc1cc(F)ccc1C(=N)c1cnc2[nH]cc(C(=O)N[C@H](C)Cn3cccn3)c2n1. The predicted octanol–water partition coefficient (Wildman–Crippen LogP) is 2.57. The number of aromatic amines is 1. The summed E-state index contributed by atoms with van der Waals surface area (Å²) in [6.07, 6.45) is 6.50. The summed E-state index contributed by atoms with van der Waals surface area (Å²) in [5.41, 5.74) is 2.41. The average Bonchev–Trinajstić information content (AvgIpc) is 3.42. The van der Waals surface area contributed by atoms with Gasteiger partial charge < -0.3 is 15.6 Å². The molecule has 1 amide bonds. The van der Waals surface area contributed by atoms with Crippen molar-refractivity contribution in [3.63, 3.8) is 0 Å². The van der Waals surface area contributed by atoms with E-state index in [0.29, 0.717) is 34.5 Å². The van der Waals surface area contributed by atoms with Gasteiger partial charge in [-0.05, 0) is 31.2 Å². The number of nitrogens with zero attached hydrogens (tertiary/aromatic N) is 4. The molecular formula is C21H21FN8O. The Kier molecular flexibility index (Phi) is 5.44. The van der Waals surface area contributed by atoms with Gasteiger partial charge in [-0.3, -0.25) is 14.9 Å². The lowest BCUT2D eigenvalue weighted by atomic mass is 10.1. The number of rotatable bonds is 7. The van der Waals surface area contributed by atoms with Crippen molar-refractivity contribution in [3.8, 4) is 0 Å². The van der Waals surface area contributed by atoms with E-state index in [-0.39, 0.29) is 23.4 Å². The van der Waals surface area contributed by atoms with Crippen molar-refractivity contribution in [1.82, 2.24) is 30.0 Å². The fourth-order valence-corrected chi connectivity index (χ4v) is 3.30. The van der Waals surface area contributed by atoms with E-state index in [1.165, 1.54) is 24.4 Å². The number of hydrogen-bond acceptors (Lipinski definition) is 6. The number of anilines is 1. The van der Waals surface area contributed by atoms with Crippen LogP contribution in [0.1, 0.15) is 28.5 Å². The minimum atomic E-state index is -0.406. The second kappa shape index (κ2) is 8.34. The molecule has 3 aromatic heterocycles. The van der Waals surface area contributed by atoms with Crippen LogP contribution in [0.4, 0.5) is 10.1 Å². The third-order valence-corrected chi connectivity index (χ3v) is 4.80. The van der Waals surface area contributed by atoms with Crippen molar-refractivity contribution >= 4 is 28.5 Å². The number of benzene rings is 1. The molecule has 0 spiro atoms. The van der Waals surface area contributed by atoms with Crippen LogP contribution in [0.15, 0.2) is 49.1 Å². The van der Waals surface area contributed by atoms with Gasteiger partial charge in [0.05, 0.1) is 24.0 Å². The van der Waals surface area contributed by atoms with Crippen molar-refractivity contribution < 1.29 is 9.18 Å². The normalized spacial score (nSPS) is 12.0. The zero-order chi connectivity index (χ0) is 22.0. The zero-order valence-corrected chi connectivity index (χ0v) is 17.0. The quantitative estimate of drug-likeness (QED) is 0.342. The van der Waals surface area contributed by atoms with Crippen LogP contribution in [-0.4, -0.2) is 49.4 Å². The van der Waals surface area contributed by atoms with Gasteiger partial charge >= 0.3 is 0 Å². The first-order valence-corrected chi connectivity index (χ1v) is 9.65. The van der Waals surface area contributed by atoms with E-state index in [9.17, 15) is 9.18 Å². The molecule has 9 nitrogen and oxygen atoms in total. The molecule has 31 heavy (non-hydrogen) atoms. The fourth-order valence-electron chi connectivity index (χ4n) is 3.30. The number of amides is 1. The highest BCUT2D eigenvalue weighted by Gasteiger charge is 2.19. The van der Waals surface area contributed by atoms with Gasteiger partial charge in [0.15, 0.2) is 5.65 Å². The average molecular weight is 420 g/mol. The van der Waals surface area contributed by atoms with Gasteiger partial charge in [0.25, 0.3) is 5.91 Å². The summed E-state index contributed by atoms with van der Waals surface area (Å²) in [5.74, 6) is -0.710. The van der Waals surface area contributed by atoms with Gasteiger partial charge in [-0.2, -0.15) is 5.10 Å². The Bertz CT molecular complexity index is 1250. The van der Waals surface area contributed by atoms with Crippen molar-refractivity contribution in [1.29, 1.82) is 5.41 Å². The van der Waals surface area contributed by atoms with Gasteiger partial charge in [-0.15, -0.1) is 0 Å². The van der Waals surface area contributed by atoms with Crippen molar-refractivity contribution in [2.24, 2.45) is 0 Å². The molecule has 0 unspecified atom stereocenters. The number of halogens is 1. The van der Waals surface area contributed by atoms with Gasteiger partial charge in [-0.1, -0.05) is 0 Å². The molecule has 4 N–H and O–H groups in total. The molecule has 4 rings (SSSR count). The van der Waals surface area contributed by atoms with Crippen LogP contribution in [0.25, 0.3) is 11.2 Å². The molecular weight excluding hydrogens is 399 g/mol. The fraction of sp³-hybridized carbons (Fsp3) is 0.190. The summed E-state index contributed by atoms with van der Waals surface area (Å²) in [6, 6.07) is 5.76. The Balaban J connectivity index is 1.60. The largest absolute Gasteiger partial charge is 0.387 e. The lowest BCUT2D eigenvalue weighted by Gasteiger charge is -2.13. The molecule has 0 saturated carbocycles. The number of carbonyl (C=O) groups excluding carboxylic acids is 1. The van der Waals surface area contributed by atoms with Gasteiger partial charge in [0.1, 0.15) is 17.0 Å². The Morgan fingerprint density at radius 1 is 1.35 bits per heavy atom. The molecule has 1 atom stereocenters. The Morgan fingerprint density at radius 2 is 2.19 bits per heavy atom. The van der Waals surface area contributed by atoms with Crippen LogP contribution in [0.3, 0.4) is 0 Å². The Hall–Kier alpha value is -4.08. The lowest BCUT2D eigenvalue weighted by molar-refractivity contribution is 0.0937. The summed E-state index contributed by atoms with van der Waals surface area (Å²) in [4.78, 5) is 24.5. The highest BCUT2D eigenvalue weighted by atomic mass is 19.1. The second-order valence-corrected chi connectivity index (χ2v) is 7.07. The summed E-state index contributed by atoms with van der Waals surface area (Å²) >= 11 is 0. The van der Waals surface area contributed by atoms with Gasteiger partial charge in [-0.25, -0.2) is 14.4 Å². The smallest absolute Gasteiger partial charge is 0.255 e. The van der Waals surface area contributed by atoms with E-state index in [2.05, 4.69) is 30.7 Å².